The molecule has 0 bridgehead atoms. The molecule has 0 atom stereocenters. The topological polar surface area (TPSA) is 45.5 Å². The van der Waals surface area contributed by atoms with Crippen LogP contribution in [0.4, 0.5) is 0 Å². The van der Waals surface area contributed by atoms with Gasteiger partial charge < -0.3 is 9.47 Å². The Balaban J connectivity index is 1.93. The van der Waals surface area contributed by atoms with Crippen LogP contribution in [0.15, 0.2) is 18.2 Å². The largest absolute Gasteiger partial charge is 0.454 e. The lowest BCUT2D eigenvalue weighted by molar-refractivity contribution is 0.174. The Morgan fingerprint density at radius 1 is 1.38 bits per heavy atom. The zero-order valence-corrected chi connectivity index (χ0v) is 9.27. The van der Waals surface area contributed by atoms with Crippen molar-refractivity contribution in [1.29, 1.82) is 5.26 Å². The summed E-state index contributed by atoms with van der Waals surface area (Å²) in [5.41, 5.74) is 1.20. The van der Waals surface area contributed by atoms with Crippen LogP contribution >= 0.6 is 0 Å². The van der Waals surface area contributed by atoms with Gasteiger partial charge in [-0.1, -0.05) is 6.07 Å². The second-order valence-electron chi connectivity index (χ2n) is 3.83. The first kappa shape index (κ1) is 10.8. The Bertz CT molecular complexity index is 412. The van der Waals surface area contributed by atoms with E-state index in [2.05, 4.69) is 6.07 Å². The van der Waals surface area contributed by atoms with Gasteiger partial charge in [-0.2, -0.15) is 5.26 Å². The van der Waals surface area contributed by atoms with Crippen LogP contribution in [0.1, 0.15) is 5.56 Å². The van der Waals surface area contributed by atoms with Crippen LogP contribution in [0.2, 0.25) is 0 Å². The summed E-state index contributed by atoms with van der Waals surface area (Å²) in [6, 6.07) is 8.10. The molecule has 84 valence electrons. The first-order valence-electron chi connectivity index (χ1n) is 5.23. The maximum atomic E-state index is 8.53. The van der Waals surface area contributed by atoms with E-state index < -0.39 is 0 Å². The number of hydrogen-bond acceptors (Lipinski definition) is 4. The first-order valence-corrected chi connectivity index (χ1v) is 5.23. The third kappa shape index (κ3) is 2.44. The molecular weight excluding hydrogens is 204 g/mol. The molecular formula is C12H14N2O2. The molecule has 0 saturated heterocycles. The van der Waals surface area contributed by atoms with Crippen molar-refractivity contribution in [2.24, 2.45) is 0 Å². The maximum absolute atomic E-state index is 8.53. The highest BCUT2D eigenvalue weighted by Crippen LogP contribution is 2.32. The van der Waals surface area contributed by atoms with E-state index in [1.165, 1.54) is 5.56 Å². The fourth-order valence-electron chi connectivity index (χ4n) is 1.62. The second-order valence-corrected chi connectivity index (χ2v) is 3.83. The van der Waals surface area contributed by atoms with E-state index in [0.29, 0.717) is 13.3 Å². The van der Waals surface area contributed by atoms with Crippen LogP contribution in [-0.4, -0.2) is 31.8 Å². The molecule has 4 heteroatoms. The van der Waals surface area contributed by atoms with Gasteiger partial charge in [0.05, 0.1) is 12.6 Å². The Labute approximate surface area is 95.0 Å². The number of ether oxygens (including phenoxy) is 2. The summed E-state index contributed by atoms with van der Waals surface area (Å²) in [5.74, 6) is 1.63. The van der Waals surface area contributed by atoms with Crippen molar-refractivity contribution in [2.45, 2.75) is 6.42 Å². The van der Waals surface area contributed by atoms with Gasteiger partial charge in [-0.3, -0.25) is 4.90 Å². The third-order valence-corrected chi connectivity index (χ3v) is 2.56. The number of likely N-dealkylation sites (N-methyl/N-ethyl adjacent to an activating group) is 1. The van der Waals surface area contributed by atoms with E-state index in [1.54, 1.807) is 0 Å². The van der Waals surface area contributed by atoms with Gasteiger partial charge in [-0.25, -0.2) is 0 Å². The summed E-state index contributed by atoms with van der Waals surface area (Å²) in [6.07, 6.45) is 0.912. The van der Waals surface area contributed by atoms with Crippen LogP contribution < -0.4 is 9.47 Å². The molecule has 0 unspecified atom stereocenters. The Kier molecular flexibility index (Phi) is 3.28. The highest BCUT2D eigenvalue weighted by molar-refractivity contribution is 5.44. The van der Waals surface area contributed by atoms with Gasteiger partial charge in [0, 0.05) is 6.54 Å². The van der Waals surface area contributed by atoms with Gasteiger partial charge in [-0.15, -0.1) is 0 Å². The van der Waals surface area contributed by atoms with Crippen molar-refractivity contribution < 1.29 is 9.47 Å². The summed E-state index contributed by atoms with van der Waals surface area (Å²) in [5, 5.41) is 8.53. The molecule has 0 fully saturated rings. The van der Waals surface area contributed by atoms with Crippen LogP contribution in [0.25, 0.3) is 0 Å². The van der Waals surface area contributed by atoms with Crippen LogP contribution in [0.3, 0.4) is 0 Å². The molecule has 1 aromatic rings. The van der Waals surface area contributed by atoms with Gasteiger partial charge in [-0.05, 0) is 31.2 Å². The van der Waals surface area contributed by atoms with Gasteiger partial charge in [0.2, 0.25) is 6.79 Å². The fraction of sp³-hybridized carbons (Fsp3) is 0.417. The number of fused-ring (bicyclic) bond motifs is 1. The monoisotopic (exact) mass is 218 g/mol. The molecule has 0 N–H and O–H groups in total. The number of benzene rings is 1. The smallest absolute Gasteiger partial charge is 0.231 e. The summed E-state index contributed by atoms with van der Waals surface area (Å²) in [7, 11) is 1.94. The minimum atomic E-state index is 0.313. The summed E-state index contributed by atoms with van der Waals surface area (Å²) >= 11 is 0. The van der Waals surface area contributed by atoms with Gasteiger partial charge in [0.1, 0.15) is 0 Å². The minimum absolute atomic E-state index is 0.313. The standard InChI is InChI=1S/C12H14N2O2/c1-14(7-5-13)6-4-10-2-3-11-12(8-10)16-9-15-11/h2-3,8H,4,6-7,9H2,1H3. The Hall–Kier alpha value is -1.73. The van der Waals surface area contributed by atoms with Crippen molar-refractivity contribution in [3.8, 4) is 17.6 Å². The maximum Gasteiger partial charge on any atom is 0.231 e. The van der Waals surface area contributed by atoms with Gasteiger partial charge in [0.15, 0.2) is 11.5 Å². The molecule has 1 aromatic carbocycles. The van der Waals surface area contributed by atoms with Gasteiger partial charge >= 0.3 is 0 Å². The lowest BCUT2D eigenvalue weighted by Gasteiger charge is -2.12. The fourth-order valence-corrected chi connectivity index (χ4v) is 1.62. The molecule has 0 saturated carbocycles. The average Bonchev–Trinajstić information content (AvgIpc) is 2.74. The van der Waals surface area contributed by atoms with Crippen molar-refractivity contribution in [3.05, 3.63) is 23.8 Å². The number of nitrogens with zero attached hydrogens (tertiary/aromatic N) is 2. The van der Waals surface area contributed by atoms with Crippen LogP contribution in [-0.2, 0) is 6.42 Å². The predicted molar refractivity (Wildman–Crippen MR) is 59.4 cm³/mol. The van der Waals surface area contributed by atoms with Gasteiger partial charge in [0.25, 0.3) is 0 Å². The molecule has 0 spiro atoms. The summed E-state index contributed by atoms with van der Waals surface area (Å²) in [6.45, 7) is 1.64. The van der Waals surface area contributed by atoms with E-state index in [0.717, 1.165) is 24.5 Å². The highest BCUT2D eigenvalue weighted by atomic mass is 16.7. The van der Waals surface area contributed by atoms with E-state index in [9.17, 15) is 0 Å². The molecule has 1 heterocycles. The lowest BCUT2D eigenvalue weighted by Crippen LogP contribution is -2.21. The SMILES string of the molecule is CN(CC#N)CCc1ccc2c(c1)OCO2. The van der Waals surface area contributed by atoms with E-state index in [-0.39, 0.29) is 0 Å². The lowest BCUT2D eigenvalue weighted by atomic mass is 10.1. The summed E-state index contributed by atoms with van der Waals surface area (Å²) < 4.78 is 10.5. The third-order valence-electron chi connectivity index (χ3n) is 2.56. The number of hydrogen-bond donors (Lipinski definition) is 0. The zero-order chi connectivity index (χ0) is 11.4. The molecule has 1 aliphatic rings. The van der Waals surface area contributed by atoms with E-state index in [1.807, 2.05) is 30.1 Å². The van der Waals surface area contributed by atoms with E-state index in [4.69, 9.17) is 14.7 Å². The van der Waals surface area contributed by atoms with Crippen LogP contribution in [0, 0.1) is 11.3 Å². The van der Waals surface area contributed by atoms with E-state index >= 15 is 0 Å². The number of nitriles is 1. The molecule has 2 rings (SSSR count). The Morgan fingerprint density at radius 3 is 3.00 bits per heavy atom. The quantitative estimate of drug-likeness (QED) is 0.717. The second kappa shape index (κ2) is 4.86. The van der Waals surface area contributed by atoms with Crippen molar-refractivity contribution in [1.82, 2.24) is 4.90 Å². The molecule has 1 aliphatic heterocycles. The normalized spacial score (nSPS) is 12.8. The van der Waals surface area contributed by atoms with Crippen molar-refractivity contribution in [2.75, 3.05) is 26.9 Å². The first-order chi connectivity index (χ1) is 7.79. The minimum Gasteiger partial charge on any atom is -0.454 e. The van der Waals surface area contributed by atoms with Crippen molar-refractivity contribution in [3.63, 3.8) is 0 Å². The van der Waals surface area contributed by atoms with Crippen molar-refractivity contribution >= 4 is 0 Å². The molecule has 0 aliphatic carbocycles. The van der Waals surface area contributed by atoms with Crippen LogP contribution in [0.5, 0.6) is 11.5 Å². The molecule has 0 amide bonds. The zero-order valence-electron chi connectivity index (χ0n) is 9.27. The molecule has 4 nitrogen and oxygen atoms in total. The Morgan fingerprint density at radius 2 is 2.19 bits per heavy atom. The predicted octanol–water partition coefficient (Wildman–Crippen LogP) is 1.41. The average molecular weight is 218 g/mol. The number of rotatable bonds is 4. The molecule has 16 heavy (non-hydrogen) atoms. The molecule has 0 aromatic heterocycles. The summed E-state index contributed by atoms with van der Waals surface area (Å²) in [4.78, 5) is 1.99. The highest BCUT2D eigenvalue weighted by Gasteiger charge is 2.13. The molecule has 0 radical (unpaired) electrons.